The molecule has 0 saturated heterocycles. The molecule has 0 bridgehead atoms. The van der Waals surface area contributed by atoms with Crippen molar-refractivity contribution in [1.29, 1.82) is 0 Å². The number of carbonyl (C=O) groups is 2. The number of nitrogens with zero attached hydrogens (tertiary/aromatic N) is 1. The first-order valence-corrected chi connectivity index (χ1v) is 8.94. The fourth-order valence-corrected chi connectivity index (χ4v) is 3.18. The molecule has 2 N–H and O–H groups in total. The van der Waals surface area contributed by atoms with Crippen molar-refractivity contribution in [2.24, 2.45) is 5.92 Å². The van der Waals surface area contributed by atoms with Crippen molar-refractivity contribution in [2.45, 2.75) is 26.7 Å². The average Bonchev–Trinajstić information content (AvgIpc) is 3.04. The maximum atomic E-state index is 12.4. The van der Waals surface area contributed by atoms with Crippen LogP contribution < -0.4 is 10.6 Å². The van der Waals surface area contributed by atoms with Gasteiger partial charge >= 0.3 is 0 Å². The van der Waals surface area contributed by atoms with E-state index in [1.54, 1.807) is 6.07 Å². The number of aryl methyl sites for hydroxylation is 1. The first-order valence-electron chi connectivity index (χ1n) is 7.75. The lowest BCUT2D eigenvalue weighted by molar-refractivity contribution is -0.108. The average molecular weight is 366 g/mol. The molecule has 1 amide bonds. The minimum Gasteiger partial charge on any atom is -0.361 e. The fourth-order valence-electron chi connectivity index (χ4n) is 2.19. The molecule has 7 heteroatoms. The maximum absolute atomic E-state index is 12.4. The summed E-state index contributed by atoms with van der Waals surface area (Å²) >= 11 is 7.41. The van der Waals surface area contributed by atoms with Crippen LogP contribution in [0.2, 0.25) is 5.02 Å². The number of aromatic nitrogens is 1. The van der Waals surface area contributed by atoms with Crippen molar-refractivity contribution in [1.82, 2.24) is 4.98 Å². The van der Waals surface area contributed by atoms with E-state index < -0.39 is 0 Å². The lowest BCUT2D eigenvalue weighted by Crippen LogP contribution is -2.13. The van der Waals surface area contributed by atoms with Gasteiger partial charge in [-0.15, -0.1) is 0 Å². The van der Waals surface area contributed by atoms with Crippen LogP contribution in [0, 0.1) is 12.8 Å². The molecule has 1 aromatic heterocycles. The largest absolute Gasteiger partial charge is 0.361 e. The first-order chi connectivity index (χ1) is 11.5. The number of hydrogen-bond donors (Lipinski definition) is 2. The smallest absolute Gasteiger partial charge is 0.267 e. The summed E-state index contributed by atoms with van der Waals surface area (Å²) in [6.07, 6.45) is 3.90. The highest BCUT2D eigenvalue weighted by atomic mass is 35.5. The molecule has 0 saturated carbocycles. The fraction of sp³-hybridized carbons (Fsp3) is 0.353. The standard InChI is InChI=1S/C17H20ClN3O2S/c1-3-12(7-8-22)9-19-17-20-10-14(24-17)16(23)21-15-11(2)5-4-6-13(15)18/h4-6,8,10,12H,3,7,9H2,1-2H3,(H,19,20)(H,21,23). The molecule has 1 aromatic carbocycles. The van der Waals surface area contributed by atoms with Crippen LogP contribution in [-0.2, 0) is 4.79 Å². The van der Waals surface area contributed by atoms with E-state index in [-0.39, 0.29) is 11.8 Å². The van der Waals surface area contributed by atoms with Gasteiger partial charge in [0, 0.05) is 13.0 Å². The second-order valence-corrected chi connectivity index (χ2v) is 6.91. The van der Waals surface area contributed by atoms with Crippen LogP contribution >= 0.6 is 22.9 Å². The zero-order chi connectivity index (χ0) is 17.5. The van der Waals surface area contributed by atoms with E-state index in [0.29, 0.717) is 33.7 Å². The Morgan fingerprint density at radius 3 is 2.92 bits per heavy atom. The van der Waals surface area contributed by atoms with Crippen LogP contribution in [0.25, 0.3) is 0 Å². The highest BCUT2D eigenvalue weighted by molar-refractivity contribution is 7.17. The Labute approximate surface area is 150 Å². The van der Waals surface area contributed by atoms with Crippen molar-refractivity contribution in [2.75, 3.05) is 17.2 Å². The SMILES string of the molecule is CCC(CC=O)CNc1ncc(C(=O)Nc2c(C)cccc2Cl)s1. The third-order valence-electron chi connectivity index (χ3n) is 3.74. The Kier molecular flexibility index (Phi) is 6.75. The summed E-state index contributed by atoms with van der Waals surface area (Å²) in [5.74, 6) is 0.0335. The summed E-state index contributed by atoms with van der Waals surface area (Å²) in [5.41, 5.74) is 1.52. The molecule has 1 heterocycles. The Hall–Kier alpha value is -1.92. The monoisotopic (exact) mass is 365 g/mol. The van der Waals surface area contributed by atoms with Gasteiger partial charge in [-0.2, -0.15) is 0 Å². The molecule has 0 fully saturated rings. The molecule has 24 heavy (non-hydrogen) atoms. The number of halogens is 1. The van der Waals surface area contributed by atoms with Gasteiger partial charge < -0.3 is 15.4 Å². The van der Waals surface area contributed by atoms with E-state index in [4.69, 9.17) is 11.6 Å². The minimum atomic E-state index is -0.239. The Bertz CT molecular complexity index is 697. The third-order valence-corrected chi connectivity index (χ3v) is 5.01. The lowest BCUT2D eigenvalue weighted by atomic mass is 10.0. The highest BCUT2D eigenvalue weighted by Crippen LogP contribution is 2.27. The molecule has 0 aliphatic heterocycles. The topological polar surface area (TPSA) is 71.1 Å². The predicted octanol–water partition coefficient (Wildman–Crippen LogP) is 4.38. The van der Waals surface area contributed by atoms with E-state index >= 15 is 0 Å². The van der Waals surface area contributed by atoms with Crippen molar-refractivity contribution < 1.29 is 9.59 Å². The summed E-state index contributed by atoms with van der Waals surface area (Å²) in [4.78, 5) is 27.7. The summed E-state index contributed by atoms with van der Waals surface area (Å²) in [5, 5.41) is 7.19. The third kappa shape index (κ3) is 4.79. The molecule has 5 nitrogen and oxygen atoms in total. The quantitative estimate of drug-likeness (QED) is 0.681. The van der Waals surface area contributed by atoms with Gasteiger partial charge in [0.15, 0.2) is 5.13 Å². The predicted molar refractivity (Wildman–Crippen MR) is 99.2 cm³/mol. The number of rotatable bonds is 8. The second-order valence-electron chi connectivity index (χ2n) is 5.47. The summed E-state index contributed by atoms with van der Waals surface area (Å²) in [6, 6.07) is 5.46. The first kappa shape index (κ1) is 18.4. The number of para-hydroxylation sites is 1. The molecular formula is C17H20ClN3O2S. The zero-order valence-electron chi connectivity index (χ0n) is 13.6. The van der Waals surface area contributed by atoms with Gasteiger partial charge in [0.2, 0.25) is 0 Å². The molecule has 0 aliphatic rings. The maximum Gasteiger partial charge on any atom is 0.267 e. The molecule has 0 aliphatic carbocycles. The van der Waals surface area contributed by atoms with Gasteiger partial charge in [-0.1, -0.05) is 48.4 Å². The van der Waals surface area contributed by atoms with Crippen LogP contribution in [0.3, 0.4) is 0 Å². The molecule has 1 unspecified atom stereocenters. The number of thiazole rings is 1. The van der Waals surface area contributed by atoms with Gasteiger partial charge in [-0.25, -0.2) is 4.98 Å². The van der Waals surface area contributed by atoms with Gasteiger partial charge in [-0.3, -0.25) is 4.79 Å². The highest BCUT2D eigenvalue weighted by Gasteiger charge is 2.14. The zero-order valence-corrected chi connectivity index (χ0v) is 15.2. The summed E-state index contributed by atoms with van der Waals surface area (Å²) in [6.45, 7) is 4.59. The van der Waals surface area contributed by atoms with Crippen molar-refractivity contribution in [3.8, 4) is 0 Å². The van der Waals surface area contributed by atoms with Crippen molar-refractivity contribution >= 4 is 46.0 Å². The van der Waals surface area contributed by atoms with Gasteiger partial charge in [0.1, 0.15) is 11.2 Å². The molecule has 0 spiro atoms. The van der Waals surface area contributed by atoms with Crippen LogP contribution in [-0.4, -0.2) is 23.7 Å². The van der Waals surface area contributed by atoms with E-state index in [2.05, 4.69) is 15.6 Å². The molecule has 1 atom stereocenters. The van der Waals surface area contributed by atoms with E-state index in [1.807, 2.05) is 26.0 Å². The van der Waals surface area contributed by atoms with Gasteiger partial charge in [-0.05, 0) is 24.5 Å². The summed E-state index contributed by atoms with van der Waals surface area (Å²) in [7, 11) is 0. The van der Waals surface area contributed by atoms with Crippen molar-refractivity contribution in [3.63, 3.8) is 0 Å². The molecule has 2 aromatic rings. The van der Waals surface area contributed by atoms with Gasteiger partial charge in [0.25, 0.3) is 5.91 Å². The number of benzene rings is 1. The molecule has 0 radical (unpaired) electrons. The van der Waals surface area contributed by atoms with E-state index in [1.165, 1.54) is 17.5 Å². The Balaban J connectivity index is 1.99. The number of aldehydes is 1. The number of anilines is 2. The Morgan fingerprint density at radius 1 is 1.46 bits per heavy atom. The number of nitrogens with one attached hydrogen (secondary N) is 2. The normalized spacial score (nSPS) is 11.8. The Morgan fingerprint density at radius 2 is 2.25 bits per heavy atom. The number of amides is 1. The van der Waals surface area contributed by atoms with Crippen LogP contribution in [0.4, 0.5) is 10.8 Å². The van der Waals surface area contributed by atoms with Crippen LogP contribution in [0.5, 0.6) is 0 Å². The number of carbonyl (C=O) groups excluding carboxylic acids is 2. The second kappa shape index (κ2) is 8.80. The summed E-state index contributed by atoms with van der Waals surface area (Å²) < 4.78 is 0. The minimum absolute atomic E-state index is 0.239. The van der Waals surface area contributed by atoms with Gasteiger partial charge in [0.05, 0.1) is 16.9 Å². The van der Waals surface area contributed by atoms with E-state index in [0.717, 1.165) is 18.3 Å². The molecule has 2 rings (SSSR count). The molecular weight excluding hydrogens is 346 g/mol. The lowest BCUT2D eigenvalue weighted by Gasteiger charge is -2.11. The van der Waals surface area contributed by atoms with Crippen LogP contribution in [0.15, 0.2) is 24.4 Å². The molecule has 128 valence electrons. The van der Waals surface area contributed by atoms with Crippen molar-refractivity contribution in [3.05, 3.63) is 39.9 Å². The number of hydrogen-bond acceptors (Lipinski definition) is 5. The van der Waals surface area contributed by atoms with Crippen LogP contribution in [0.1, 0.15) is 35.0 Å². The van der Waals surface area contributed by atoms with E-state index in [9.17, 15) is 9.59 Å².